The van der Waals surface area contributed by atoms with Crippen molar-refractivity contribution in [3.63, 3.8) is 0 Å². The van der Waals surface area contributed by atoms with Crippen molar-refractivity contribution in [3.8, 4) is 0 Å². The van der Waals surface area contributed by atoms with Gasteiger partial charge in [-0.3, -0.25) is 0 Å². The van der Waals surface area contributed by atoms with Gasteiger partial charge in [-0.1, -0.05) is 0 Å². The molecule has 0 radical (unpaired) electrons. The van der Waals surface area contributed by atoms with Gasteiger partial charge in [-0.05, 0) is 31.8 Å². The van der Waals surface area contributed by atoms with Crippen LogP contribution in [-0.2, 0) is 11.3 Å². The molecule has 0 saturated carbocycles. The lowest BCUT2D eigenvalue weighted by atomic mass is 10.3. The van der Waals surface area contributed by atoms with Gasteiger partial charge in [0.25, 0.3) is 0 Å². The average molecular weight is 257 g/mol. The Bertz CT molecular complexity index is 315. The van der Waals surface area contributed by atoms with Crippen molar-refractivity contribution in [1.29, 1.82) is 0 Å². The number of thioether (sulfide) groups is 1. The maximum Gasteiger partial charge on any atom is 0.203 e. The maximum absolute atomic E-state index is 5.02. The minimum Gasteiger partial charge on any atom is -0.383 e. The van der Waals surface area contributed by atoms with Crippen molar-refractivity contribution in [2.45, 2.75) is 26.3 Å². The third-order valence-corrected chi connectivity index (χ3v) is 3.18. The summed E-state index contributed by atoms with van der Waals surface area (Å²) in [6, 6.07) is 0. The van der Waals surface area contributed by atoms with E-state index in [9.17, 15) is 0 Å². The summed E-state index contributed by atoms with van der Waals surface area (Å²) in [6.45, 7) is 4.58. The standard InChI is InChI=1S/C12H23N3OS/c1-11-10-15(7-4-5-9-17-3)12(14-11)13-6-8-16-2/h10H,4-9H2,1-3H3,(H,13,14). The van der Waals surface area contributed by atoms with E-state index in [-0.39, 0.29) is 0 Å². The summed E-state index contributed by atoms with van der Waals surface area (Å²) in [5, 5.41) is 3.30. The molecule has 0 atom stereocenters. The second-order valence-corrected chi connectivity index (χ2v) is 5.00. The van der Waals surface area contributed by atoms with E-state index in [2.05, 4.69) is 27.3 Å². The molecular formula is C12H23N3OS. The van der Waals surface area contributed by atoms with Crippen molar-refractivity contribution in [3.05, 3.63) is 11.9 Å². The van der Waals surface area contributed by atoms with Crippen LogP contribution in [0.1, 0.15) is 18.5 Å². The number of anilines is 1. The highest BCUT2D eigenvalue weighted by atomic mass is 32.2. The van der Waals surface area contributed by atoms with Gasteiger partial charge in [0.05, 0.1) is 12.3 Å². The summed E-state index contributed by atoms with van der Waals surface area (Å²) in [4.78, 5) is 4.47. The Morgan fingerprint density at radius 1 is 1.47 bits per heavy atom. The fourth-order valence-electron chi connectivity index (χ4n) is 1.65. The van der Waals surface area contributed by atoms with Crippen LogP contribution in [-0.4, -0.2) is 41.8 Å². The molecule has 0 bridgehead atoms. The lowest BCUT2D eigenvalue weighted by molar-refractivity contribution is 0.210. The van der Waals surface area contributed by atoms with Crippen LogP contribution in [0.5, 0.6) is 0 Å². The van der Waals surface area contributed by atoms with Gasteiger partial charge in [-0.2, -0.15) is 11.8 Å². The molecule has 0 aliphatic heterocycles. The third kappa shape index (κ3) is 5.46. The molecule has 1 aromatic rings. The number of nitrogens with zero attached hydrogens (tertiary/aromatic N) is 2. The zero-order valence-electron chi connectivity index (χ0n) is 11.0. The van der Waals surface area contributed by atoms with E-state index in [0.717, 1.165) is 24.7 Å². The molecule has 4 nitrogen and oxygen atoms in total. The van der Waals surface area contributed by atoms with Gasteiger partial charge in [0.2, 0.25) is 5.95 Å². The number of hydrogen-bond acceptors (Lipinski definition) is 4. The largest absolute Gasteiger partial charge is 0.383 e. The second-order valence-electron chi connectivity index (χ2n) is 4.02. The lowest BCUT2D eigenvalue weighted by Gasteiger charge is -2.09. The molecule has 98 valence electrons. The van der Waals surface area contributed by atoms with Crippen LogP contribution < -0.4 is 5.32 Å². The van der Waals surface area contributed by atoms with E-state index in [4.69, 9.17) is 4.74 Å². The van der Waals surface area contributed by atoms with Crippen molar-refractivity contribution in [2.24, 2.45) is 0 Å². The SMILES string of the molecule is COCCNc1nc(C)cn1CCCCSC. The molecule has 1 heterocycles. The van der Waals surface area contributed by atoms with Gasteiger partial charge in [-0.15, -0.1) is 0 Å². The summed E-state index contributed by atoms with van der Waals surface area (Å²) in [7, 11) is 1.71. The Balaban J connectivity index is 2.40. The van der Waals surface area contributed by atoms with Crippen LogP contribution in [0.15, 0.2) is 6.20 Å². The van der Waals surface area contributed by atoms with Gasteiger partial charge < -0.3 is 14.6 Å². The molecule has 1 rings (SSSR count). The Morgan fingerprint density at radius 3 is 3.00 bits per heavy atom. The minimum atomic E-state index is 0.707. The van der Waals surface area contributed by atoms with Crippen LogP contribution >= 0.6 is 11.8 Å². The van der Waals surface area contributed by atoms with Crippen molar-refractivity contribution < 1.29 is 4.74 Å². The van der Waals surface area contributed by atoms with E-state index >= 15 is 0 Å². The smallest absolute Gasteiger partial charge is 0.203 e. The Hall–Kier alpha value is -0.680. The van der Waals surface area contributed by atoms with E-state index in [1.807, 2.05) is 18.7 Å². The van der Waals surface area contributed by atoms with E-state index in [1.54, 1.807) is 7.11 Å². The molecule has 1 aromatic heterocycles. The topological polar surface area (TPSA) is 39.1 Å². The number of imidazole rings is 1. The third-order valence-electron chi connectivity index (χ3n) is 2.48. The fourth-order valence-corrected chi connectivity index (χ4v) is 2.14. The molecular weight excluding hydrogens is 234 g/mol. The number of unbranched alkanes of at least 4 members (excludes halogenated alkanes) is 1. The Morgan fingerprint density at radius 2 is 2.29 bits per heavy atom. The first-order valence-corrected chi connectivity index (χ1v) is 7.43. The highest BCUT2D eigenvalue weighted by Gasteiger charge is 2.04. The monoisotopic (exact) mass is 257 g/mol. The summed E-state index contributed by atoms with van der Waals surface area (Å²) in [5.41, 5.74) is 1.06. The Kier molecular flexibility index (Phi) is 7.12. The highest BCUT2D eigenvalue weighted by Crippen LogP contribution is 2.10. The zero-order chi connectivity index (χ0) is 12.5. The van der Waals surface area contributed by atoms with E-state index in [0.29, 0.717) is 6.61 Å². The average Bonchev–Trinajstić information content (AvgIpc) is 2.66. The first-order chi connectivity index (χ1) is 8.27. The molecule has 0 aromatic carbocycles. The summed E-state index contributed by atoms with van der Waals surface area (Å²) < 4.78 is 7.22. The van der Waals surface area contributed by atoms with Crippen LogP contribution in [0.25, 0.3) is 0 Å². The van der Waals surface area contributed by atoms with Crippen LogP contribution in [0.4, 0.5) is 5.95 Å². The van der Waals surface area contributed by atoms with E-state index < -0.39 is 0 Å². The molecule has 0 amide bonds. The predicted molar refractivity (Wildman–Crippen MR) is 74.9 cm³/mol. The van der Waals surface area contributed by atoms with Crippen molar-refractivity contribution in [1.82, 2.24) is 9.55 Å². The normalized spacial score (nSPS) is 10.8. The van der Waals surface area contributed by atoms with Gasteiger partial charge >= 0.3 is 0 Å². The quantitative estimate of drug-likeness (QED) is 0.690. The predicted octanol–water partition coefficient (Wildman–Crippen LogP) is 2.39. The molecule has 0 unspecified atom stereocenters. The van der Waals surface area contributed by atoms with Crippen molar-refractivity contribution >= 4 is 17.7 Å². The highest BCUT2D eigenvalue weighted by molar-refractivity contribution is 7.98. The lowest BCUT2D eigenvalue weighted by Crippen LogP contribution is -2.12. The van der Waals surface area contributed by atoms with Gasteiger partial charge in [0, 0.05) is 26.4 Å². The van der Waals surface area contributed by atoms with Crippen LogP contribution in [0, 0.1) is 6.92 Å². The Labute approximate surface area is 108 Å². The molecule has 0 fully saturated rings. The number of ether oxygens (including phenoxy) is 1. The van der Waals surface area contributed by atoms with Crippen LogP contribution in [0.3, 0.4) is 0 Å². The summed E-state index contributed by atoms with van der Waals surface area (Å²) in [5.74, 6) is 2.20. The maximum atomic E-state index is 5.02. The number of nitrogens with one attached hydrogen (secondary N) is 1. The molecule has 0 saturated heterocycles. The molecule has 0 aliphatic carbocycles. The molecule has 0 spiro atoms. The zero-order valence-corrected chi connectivity index (χ0v) is 11.8. The van der Waals surface area contributed by atoms with Gasteiger partial charge in [-0.25, -0.2) is 4.98 Å². The summed E-state index contributed by atoms with van der Waals surface area (Å²) in [6.07, 6.45) is 6.72. The first kappa shape index (κ1) is 14.4. The molecule has 5 heteroatoms. The molecule has 17 heavy (non-hydrogen) atoms. The number of methoxy groups -OCH3 is 1. The molecule has 0 aliphatic rings. The second kappa shape index (κ2) is 8.42. The van der Waals surface area contributed by atoms with Crippen molar-refractivity contribution in [2.75, 3.05) is 37.6 Å². The number of aryl methyl sites for hydroxylation is 2. The first-order valence-electron chi connectivity index (χ1n) is 6.03. The summed E-state index contributed by atoms with van der Waals surface area (Å²) >= 11 is 1.91. The minimum absolute atomic E-state index is 0.707. The van der Waals surface area contributed by atoms with E-state index in [1.165, 1.54) is 18.6 Å². The van der Waals surface area contributed by atoms with Crippen LogP contribution in [0.2, 0.25) is 0 Å². The van der Waals surface area contributed by atoms with Gasteiger partial charge in [0.15, 0.2) is 0 Å². The number of hydrogen-bond donors (Lipinski definition) is 1. The van der Waals surface area contributed by atoms with Gasteiger partial charge in [0.1, 0.15) is 0 Å². The number of rotatable bonds is 9. The molecule has 1 N–H and O–H groups in total. The number of aromatic nitrogens is 2. The fraction of sp³-hybridized carbons (Fsp3) is 0.750.